The highest BCUT2D eigenvalue weighted by atomic mass is 16.6. The van der Waals surface area contributed by atoms with Gasteiger partial charge in [0.15, 0.2) is 0 Å². The molecule has 0 aromatic carbocycles. The van der Waals surface area contributed by atoms with Gasteiger partial charge in [0, 0.05) is 11.8 Å². The van der Waals surface area contributed by atoms with E-state index in [9.17, 15) is 19.8 Å². The van der Waals surface area contributed by atoms with E-state index in [4.69, 9.17) is 4.74 Å². The Morgan fingerprint density at radius 3 is 2.00 bits per heavy atom. The summed E-state index contributed by atoms with van der Waals surface area (Å²) >= 11 is 0. The van der Waals surface area contributed by atoms with Crippen LogP contribution in [0.15, 0.2) is 12.7 Å². The van der Waals surface area contributed by atoms with Crippen LogP contribution in [0.25, 0.3) is 0 Å². The molecule has 0 heterocycles. The Hall–Kier alpha value is -1.20. The van der Waals surface area contributed by atoms with Gasteiger partial charge >= 0.3 is 5.97 Å². The maximum absolute atomic E-state index is 12.6. The van der Waals surface area contributed by atoms with Crippen LogP contribution in [0.4, 0.5) is 0 Å². The highest BCUT2D eigenvalue weighted by molar-refractivity contribution is 5.88. The molecule has 0 saturated carbocycles. The van der Waals surface area contributed by atoms with Gasteiger partial charge in [-0.1, -0.05) is 33.8 Å². The van der Waals surface area contributed by atoms with E-state index in [1.807, 2.05) is 0 Å². The number of hydrogen-bond acceptors (Lipinski definition) is 5. The molecule has 0 aliphatic rings. The van der Waals surface area contributed by atoms with Crippen LogP contribution in [0.3, 0.4) is 0 Å². The van der Waals surface area contributed by atoms with E-state index in [0.29, 0.717) is 0 Å². The van der Waals surface area contributed by atoms with Crippen molar-refractivity contribution in [2.24, 2.45) is 17.3 Å². The Bertz CT molecular complexity index is 433. The van der Waals surface area contributed by atoms with Crippen molar-refractivity contribution in [3.63, 3.8) is 0 Å². The molecule has 0 fully saturated rings. The van der Waals surface area contributed by atoms with E-state index < -0.39 is 35.1 Å². The van der Waals surface area contributed by atoms with Gasteiger partial charge in [0.25, 0.3) is 0 Å². The molecule has 0 saturated heterocycles. The van der Waals surface area contributed by atoms with Crippen LogP contribution in [0.2, 0.25) is 0 Å². The van der Waals surface area contributed by atoms with Gasteiger partial charge < -0.3 is 14.9 Å². The van der Waals surface area contributed by atoms with E-state index in [1.54, 1.807) is 54.5 Å². The molecule has 0 rings (SSSR count). The minimum absolute atomic E-state index is 0.243. The minimum atomic E-state index is -1.18. The standard InChI is InChI=1S/C18H32O5/c1-9-11(2)15(21)12(3)16(22)18(7,8)13(19)10-14(20)23-17(4,5)6/h9,11-13,15,19,21H,1,10H2,2-8H3/t11-,12-,13-,15-/m0/s1. The van der Waals surface area contributed by atoms with Crippen molar-refractivity contribution >= 4 is 11.8 Å². The molecule has 5 heteroatoms. The van der Waals surface area contributed by atoms with Gasteiger partial charge in [-0.15, -0.1) is 6.58 Å². The van der Waals surface area contributed by atoms with Crippen molar-refractivity contribution in [3.8, 4) is 0 Å². The summed E-state index contributed by atoms with van der Waals surface area (Å²) in [5.41, 5.74) is -1.81. The molecular weight excluding hydrogens is 296 g/mol. The molecule has 0 amide bonds. The Morgan fingerprint density at radius 2 is 1.61 bits per heavy atom. The number of ether oxygens (including phenoxy) is 1. The summed E-state index contributed by atoms with van der Waals surface area (Å²) in [5.74, 6) is -1.77. The zero-order valence-electron chi connectivity index (χ0n) is 15.4. The zero-order chi connectivity index (χ0) is 18.6. The first-order valence-electron chi connectivity index (χ1n) is 7.98. The molecule has 2 N–H and O–H groups in total. The van der Waals surface area contributed by atoms with Gasteiger partial charge in [-0.05, 0) is 20.8 Å². The molecule has 0 bridgehead atoms. The number of aliphatic hydroxyl groups excluding tert-OH is 2. The molecule has 0 aliphatic carbocycles. The van der Waals surface area contributed by atoms with Crippen LogP contribution in [0, 0.1) is 17.3 Å². The van der Waals surface area contributed by atoms with E-state index in [2.05, 4.69) is 6.58 Å². The topological polar surface area (TPSA) is 83.8 Å². The lowest BCUT2D eigenvalue weighted by Crippen LogP contribution is -2.45. The molecule has 4 atom stereocenters. The molecule has 0 spiro atoms. The molecule has 23 heavy (non-hydrogen) atoms. The van der Waals surface area contributed by atoms with Gasteiger partial charge in [0.05, 0.1) is 24.0 Å². The summed E-state index contributed by atoms with van der Waals surface area (Å²) in [4.78, 5) is 24.5. The number of hydrogen-bond donors (Lipinski definition) is 2. The summed E-state index contributed by atoms with van der Waals surface area (Å²) < 4.78 is 5.17. The van der Waals surface area contributed by atoms with Crippen molar-refractivity contribution in [1.82, 2.24) is 0 Å². The molecule has 0 aliphatic heterocycles. The Kier molecular flexibility index (Phi) is 7.64. The lowest BCUT2D eigenvalue weighted by molar-refractivity contribution is -0.160. The van der Waals surface area contributed by atoms with Crippen LogP contribution >= 0.6 is 0 Å². The molecule has 0 radical (unpaired) electrons. The first-order chi connectivity index (χ1) is 10.2. The van der Waals surface area contributed by atoms with E-state index in [0.717, 1.165) is 0 Å². The largest absolute Gasteiger partial charge is 0.460 e. The molecule has 5 nitrogen and oxygen atoms in total. The Morgan fingerprint density at radius 1 is 1.13 bits per heavy atom. The highest BCUT2D eigenvalue weighted by Crippen LogP contribution is 2.31. The Labute approximate surface area is 139 Å². The molecule has 134 valence electrons. The SMILES string of the molecule is C=C[C@H](C)[C@H](O)[C@H](C)C(=O)C(C)(C)[C@@H](O)CC(=O)OC(C)(C)C. The van der Waals surface area contributed by atoms with Crippen molar-refractivity contribution in [2.75, 3.05) is 0 Å². The quantitative estimate of drug-likeness (QED) is 0.528. The van der Waals surface area contributed by atoms with Crippen LogP contribution < -0.4 is 0 Å². The monoisotopic (exact) mass is 328 g/mol. The number of ketones is 1. The smallest absolute Gasteiger partial charge is 0.308 e. The van der Waals surface area contributed by atoms with Crippen molar-refractivity contribution < 1.29 is 24.5 Å². The number of aliphatic hydroxyl groups is 2. The molecule has 0 aromatic rings. The summed E-state index contributed by atoms with van der Waals surface area (Å²) in [6.45, 7) is 15.4. The molecule has 0 aromatic heterocycles. The average Bonchev–Trinajstić information content (AvgIpc) is 2.41. The Balaban J connectivity index is 4.98. The van der Waals surface area contributed by atoms with Crippen LogP contribution in [-0.4, -0.2) is 39.8 Å². The second kappa shape index (κ2) is 8.06. The highest BCUT2D eigenvalue weighted by Gasteiger charge is 2.42. The van der Waals surface area contributed by atoms with Crippen LogP contribution in [0.5, 0.6) is 0 Å². The van der Waals surface area contributed by atoms with Crippen molar-refractivity contribution in [3.05, 3.63) is 12.7 Å². The number of esters is 1. The van der Waals surface area contributed by atoms with Gasteiger partial charge in [-0.25, -0.2) is 0 Å². The summed E-state index contributed by atoms with van der Waals surface area (Å²) in [6, 6.07) is 0. The van der Waals surface area contributed by atoms with Gasteiger partial charge in [0.2, 0.25) is 0 Å². The van der Waals surface area contributed by atoms with Gasteiger partial charge in [0.1, 0.15) is 11.4 Å². The van der Waals surface area contributed by atoms with Gasteiger partial charge in [-0.3, -0.25) is 9.59 Å². The summed E-state index contributed by atoms with van der Waals surface area (Å²) in [7, 11) is 0. The second-order valence-electron chi connectivity index (χ2n) is 7.77. The number of carbonyl (C=O) groups excluding carboxylic acids is 2. The van der Waals surface area contributed by atoms with Crippen LogP contribution in [0.1, 0.15) is 54.9 Å². The van der Waals surface area contributed by atoms with E-state index in [1.165, 1.54) is 0 Å². The maximum Gasteiger partial charge on any atom is 0.308 e. The predicted molar refractivity (Wildman–Crippen MR) is 89.8 cm³/mol. The average molecular weight is 328 g/mol. The molecular formula is C18H32O5. The number of carbonyl (C=O) groups is 2. The lowest BCUT2D eigenvalue weighted by Gasteiger charge is -2.34. The first kappa shape index (κ1) is 21.8. The van der Waals surface area contributed by atoms with Crippen LogP contribution in [-0.2, 0) is 14.3 Å². The third-order valence-corrected chi connectivity index (χ3v) is 4.08. The fourth-order valence-corrected chi connectivity index (χ4v) is 2.30. The molecule has 0 unspecified atom stereocenters. The normalized spacial score (nSPS) is 17.8. The van der Waals surface area contributed by atoms with Crippen molar-refractivity contribution in [2.45, 2.75) is 72.7 Å². The maximum atomic E-state index is 12.6. The second-order valence-corrected chi connectivity index (χ2v) is 7.77. The third kappa shape index (κ3) is 6.43. The lowest BCUT2D eigenvalue weighted by atomic mass is 9.73. The number of rotatable bonds is 8. The van der Waals surface area contributed by atoms with Crippen molar-refractivity contribution in [1.29, 1.82) is 0 Å². The fraction of sp³-hybridized carbons (Fsp3) is 0.778. The first-order valence-corrected chi connectivity index (χ1v) is 7.98. The van der Waals surface area contributed by atoms with Gasteiger partial charge in [-0.2, -0.15) is 0 Å². The fourth-order valence-electron chi connectivity index (χ4n) is 2.30. The summed E-state index contributed by atoms with van der Waals surface area (Å²) in [5, 5.41) is 20.5. The summed E-state index contributed by atoms with van der Waals surface area (Å²) in [6.07, 6.45) is -0.749. The zero-order valence-corrected chi connectivity index (χ0v) is 15.4. The predicted octanol–water partition coefficient (Wildman–Crippen LogP) is 2.49. The minimum Gasteiger partial charge on any atom is -0.460 e. The number of Topliss-reactive ketones (excluding diaryl/α,β-unsaturated/α-hetero) is 1. The third-order valence-electron chi connectivity index (χ3n) is 4.08. The van der Waals surface area contributed by atoms with E-state index in [-0.39, 0.29) is 18.1 Å². The van der Waals surface area contributed by atoms with E-state index >= 15 is 0 Å².